The van der Waals surface area contributed by atoms with Crippen molar-refractivity contribution >= 4 is 23.4 Å². The number of amides is 1. The van der Waals surface area contributed by atoms with Gasteiger partial charge in [-0.2, -0.15) is 0 Å². The highest BCUT2D eigenvalue weighted by atomic mass is 32.2. The summed E-state index contributed by atoms with van der Waals surface area (Å²) >= 11 is 1.53. The summed E-state index contributed by atoms with van der Waals surface area (Å²) < 4.78 is 7.29. The molecule has 1 amide bonds. The standard InChI is InChI=1S/C27H25N5O4S/c1-19-2-10-23(11-3-19)31-25(21-8-12-24(13-9-21)32(34)35)28-29-27(31)37-18-20-4-6-22(7-5-20)26(33)30-14-16-36-17-15-30/h2-13H,14-18H2,1H3. The minimum absolute atomic E-state index is 0.0226. The summed E-state index contributed by atoms with van der Waals surface area (Å²) in [6.45, 7) is 4.40. The van der Waals surface area contributed by atoms with Crippen molar-refractivity contribution in [2.75, 3.05) is 26.3 Å². The third-order valence-electron chi connectivity index (χ3n) is 6.13. The van der Waals surface area contributed by atoms with Gasteiger partial charge in [0.25, 0.3) is 11.6 Å². The number of nitro benzene ring substituents is 1. The average Bonchev–Trinajstić information content (AvgIpc) is 3.36. The van der Waals surface area contributed by atoms with Crippen molar-refractivity contribution in [2.24, 2.45) is 0 Å². The lowest BCUT2D eigenvalue weighted by Crippen LogP contribution is -2.40. The molecule has 1 saturated heterocycles. The number of aryl methyl sites for hydroxylation is 1. The zero-order valence-corrected chi connectivity index (χ0v) is 21.1. The van der Waals surface area contributed by atoms with Crippen LogP contribution in [0, 0.1) is 17.0 Å². The molecule has 37 heavy (non-hydrogen) atoms. The number of aromatic nitrogens is 3. The average molecular weight is 516 g/mol. The second kappa shape index (κ2) is 10.9. The summed E-state index contributed by atoms with van der Waals surface area (Å²) in [4.78, 5) is 25.2. The Balaban J connectivity index is 1.37. The number of hydrogen-bond acceptors (Lipinski definition) is 7. The normalized spacial score (nSPS) is 13.5. The molecule has 1 aliphatic rings. The number of nitro groups is 1. The fraction of sp³-hybridized carbons (Fsp3) is 0.222. The molecule has 188 valence electrons. The molecule has 0 aliphatic carbocycles. The summed E-state index contributed by atoms with van der Waals surface area (Å²) in [6, 6.07) is 22.0. The molecule has 0 unspecified atom stereocenters. The number of carbonyl (C=O) groups excluding carboxylic acids is 1. The van der Waals surface area contributed by atoms with E-state index in [1.165, 1.54) is 23.9 Å². The van der Waals surface area contributed by atoms with Gasteiger partial charge >= 0.3 is 0 Å². The lowest BCUT2D eigenvalue weighted by atomic mass is 10.1. The van der Waals surface area contributed by atoms with Crippen molar-refractivity contribution in [3.63, 3.8) is 0 Å². The van der Waals surface area contributed by atoms with Crippen molar-refractivity contribution in [3.8, 4) is 17.1 Å². The Kier molecular flexibility index (Phi) is 7.29. The van der Waals surface area contributed by atoms with Crippen LogP contribution < -0.4 is 0 Å². The molecule has 3 aromatic carbocycles. The van der Waals surface area contributed by atoms with Crippen LogP contribution in [0.1, 0.15) is 21.5 Å². The number of rotatable bonds is 7. The highest BCUT2D eigenvalue weighted by Gasteiger charge is 2.19. The van der Waals surface area contributed by atoms with E-state index < -0.39 is 4.92 Å². The van der Waals surface area contributed by atoms with Crippen molar-refractivity contribution in [1.82, 2.24) is 19.7 Å². The summed E-state index contributed by atoms with van der Waals surface area (Å²) in [5.41, 5.74) is 4.51. The Bertz CT molecular complexity index is 1400. The number of benzene rings is 3. The third kappa shape index (κ3) is 5.55. The van der Waals surface area contributed by atoms with Gasteiger partial charge in [0.2, 0.25) is 0 Å². The van der Waals surface area contributed by atoms with Crippen molar-refractivity contribution in [3.05, 3.63) is 99.6 Å². The van der Waals surface area contributed by atoms with E-state index in [4.69, 9.17) is 4.74 Å². The van der Waals surface area contributed by atoms with Crippen LogP contribution in [0.15, 0.2) is 78.0 Å². The number of thioether (sulfide) groups is 1. The van der Waals surface area contributed by atoms with Crippen molar-refractivity contribution in [2.45, 2.75) is 17.8 Å². The van der Waals surface area contributed by atoms with Crippen LogP contribution in [0.3, 0.4) is 0 Å². The van der Waals surface area contributed by atoms with E-state index in [-0.39, 0.29) is 11.6 Å². The highest BCUT2D eigenvalue weighted by Crippen LogP contribution is 2.31. The van der Waals surface area contributed by atoms with Gasteiger partial charge in [0.1, 0.15) is 0 Å². The molecule has 10 heteroatoms. The smallest absolute Gasteiger partial charge is 0.269 e. The first-order chi connectivity index (χ1) is 18.0. The van der Waals surface area contributed by atoms with Crippen LogP contribution in [-0.2, 0) is 10.5 Å². The minimum atomic E-state index is -0.421. The van der Waals surface area contributed by atoms with Crippen molar-refractivity contribution < 1.29 is 14.5 Å². The maximum absolute atomic E-state index is 12.7. The quantitative estimate of drug-likeness (QED) is 0.196. The van der Waals surface area contributed by atoms with Gasteiger partial charge in [0.05, 0.1) is 18.1 Å². The molecular weight excluding hydrogens is 490 g/mol. The molecule has 0 radical (unpaired) electrons. The molecule has 1 aromatic heterocycles. The molecule has 5 rings (SSSR count). The van der Waals surface area contributed by atoms with Gasteiger partial charge in [0, 0.05) is 47.8 Å². The maximum Gasteiger partial charge on any atom is 0.269 e. The van der Waals surface area contributed by atoms with Gasteiger partial charge in [-0.1, -0.05) is 41.6 Å². The van der Waals surface area contributed by atoms with Gasteiger partial charge in [-0.25, -0.2) is 0 Å². The lowest BCUT2D eigenvalue weighted by Gasteiger charge is -2.26. The van der Waals surface area contributed by atoms with E-state index in [0.717, 1.165) is 22.4 Å². The largest absolute Gasteiger partial charge is 0.378 e. The number of nitrogens with zero attached hydrogens (tertiary/aromatic N) is 5. The summed E-state index contributed by atoms with van der Waals surface area (Å²) in [6.07, 6.45) is 0. The Morgan fingerprint density at radius 2 is 1.65 bits per heavy atom. The van der Waals surface area contributed by atoms with Crippen LogP contribution in [0.2, 0.25) is 0 Å². The van der Waals surface area contributed by atoms with Crippen LogP contribution in [0.5, 0.6) is 0 Å². The van der Waals surface area contributed by atoms with Crippen LogP contribution in [-0.4, -0.2) is 56.8 Å². The number of hydrogen-bond donors (Lipinski definition) is 0. The predicted molar refractivity (Wildman–Crippen MR) is 141 cm³/mol. The molecule has 4 aromatic rings. The molecule has 1 fully saturated rings. The Morgan fingerprint density at radius 3 is 2.30 bits per heavy atom. The second-order valence-corrected chi connectivity index (χ2v) is 9.61. The second-order valence-electron chi connectivity index (χ2n) is 8.67. The number of ether oxygens (including phenoxy) is 1. The van der Waals surface area contributed by atoms with Gasteiger partial charge < -0.3 is 9.64 Å². The first-order valence-corrected chi connectivity index (χ1v) is 12.8. The molecule has 9 nitrogen and oxygen atoms in total. The van der Waals surface area contributed by atoms with Gasteiger partial charge in [0.15, 0.2) is 11.0 Å². The SMILES string of the molecule is Cc1ccc(-n2c(SCc3ccc(C(=O)N4CCOCC4)cc3)nnc2-c2ccc([N+](=O)[O-])cc2)cc1. The van der Waals surface area contributed by atoms with E-state index in [1.54, 1.807) is 12.1 Å². The summed E-state index contributed by atoms with van der Waals surface area (Å²) in [5, 5.41) is 20.6. The van der Waals surface area contributed by atoms with Gasteiger partial charge in [-0.3, -0.25) is 19.5 Å². The Morgan fingerprint density at radius 1 is 0.973 bits per heavy atom. The number of non-ortho nitro benzene ring substituents is 1. The van der Waals surface area contributed by atoms with Crippen molar-refractivity contribution in [1.29, 1.82) is 0 Å². The maximum atomic E-state index is 12.7. The van der Waals surface area contributed by atoms with Gasteiger partial charge in [-0.15, -0.1) is 10.2 Å². The van der Waals surface area contributed by atoms with Crippen LogP contribution in [0.25, 0.3) is 17.1 Å². The summed E-state index contributed by atoms with van der Waals surface area (Å²) in [7, 11) is 0. The zero-order valence-electron chi connectivity index (χ0n) is 20.2. The van der Waals surface area contributed by atoms with Crippen LogP contribution >= 0.6 is 11.8 Å². The predicted octanol–water partition coefficient (Wildman–Crippen LogP) is 4.92. The molecule has 0 spiro atoms. The zero-order chi connectivity index (χ0) is 25.8. The van der Waals surface area contributed by atoms with Crippen LogP contribution in [0.4, 0.5) is 5.69 Å². The fourth-order valence-electron chi connectivity index (χ4n) is 4.05. The van der Waals surface area contributed by atoms with Gasteiger partial charge in [-0.05, 0) is 48.9 Å². The molecule has 0 saturated carbocycles. The minimum Gasteiger partial charge on any atom is -0.378 e. The summed E-state index contributed by atoms with van der Waals surface area (Å²) in [5.74, 6) is 1.26. The van der Waals surface area contributed by atoms with E-state index >= 15 is 0 Å². The Hall–Kier alpha value is -4.02. The molecule has 0 N–H and O–H groups in total. The molecule has 1 aliphatic heterocycles. The molecule has 0 atom stereocenters. The van der Waals surface area contributed by atoms with E-state index in [9.17, 15) is 14.9 Å². The van der Waals surface area contributed by atoms with E-state index in [0.29, 0.717) is 48.6 Å². The van der Waals surface area contributed by atoms with E-state index in [2.05, 4.69) is 10.2 Å². The lowest BCUT2D eigenvalue weighted by molar-refractivity contribution is -0.384. The molecular formula is C27H25N5O4S. The fourth-order valence-corrected chi connectivity index (χ4v) is 4.96. The number of morpholine rings is 1. The molecule has 2 heterocycles. The third-order valence-corrected chi connectivity index (χ3v) is 7.13. The first-order valence-electron chi connectivity index (χ1n) is 11.9. The number of carbonyl (C=O) groups is 1. The highest BCUT2D eigenvalue weighted by molar-refractivity contribution is 7.98. The monoisotopic (exact) mass is 515 g/mol. The Labute approximate surface area is 218 Å². The van der Waals surface area contributed by atoms with E-state index in [1.807, 2.05) is 64.9 Å². The molecule has 0 bridgehead atoms. The first kappa shape index (κ1) is 24.7. The topological polar surface area (TPSA) is 103 Å².